The first-order valence-corrected chi connectivity index (χ1v) is 6.48. The van der Waals surface area contributed by atoms with Crippen molar-refractivity contribution in [3.05, 3.63) is 30.1 Å². The van der Waals surface area contributed by atoms with E-state index in [2.05, 4.69) is 14.9 Å². The van der Waals surface area contributed by atoms with Gasteiger partial charge in [-0.3, -0.25) is 4.79 Å². The maximum atomic E-state index is 11.4. The van der Waals surface area contributed by atoms with Gasteiger partial charge in [0.25, 0.3) is 0 Å². The van der Waals surface area contributed by atoms with Crippen LogP contribution in [0, 0.1) is 0 Å². The first kappa shape index (κ1) is 11.5. The fourth-order valence-corrected chi connectivity index (χ4v) is 2.65. The van der Waals surface area contributed by atoms with Crippen LogP contribution in [-0.4, -0.2) is 22.0 Å². The number of carbonyl (C=O) groups excluding carboxylic acids is 1. The molecule has 2 heterocycles. The number of fused-ring (bicyclic) bond motifs is 1. The Morgan fingerprint density at radius 2 is 2.28 bits per heavy atom. The molecule has 5 heteroatoms. The van der Waals surface area contributed by atoms with Crippen LogP contribution >= 0.6 is 11.6 Å². The fourth-order valence-electron chi connectivity index (χ4n) is 2.50. The Labute approximate surface area is 110 Å². The largest absolute Gasteiger partial charge is 0.354 e. The molecular weight excluding hydrogens is 250 g/mol. The number of aromatic nitrogens is 2. The van der Waals surface area contributed by atoms with E-state index in [0.717, 1.165) is 16.9 Å². The molecule has 0 aliphatic carbocycles. The van der Waals surface area contributed by atoms with E-state index in [1.165, 1.54) is 0 Å². The molecule has 1 aliphatic rings. The molecule has 2 unspecified atom stereocenters. The molecule has 1 aliphatic heterocycles. The number of hydrogen-bond acceptors (Lipinski definition) is 2. The number of nitrogens with zero attached hydrogens (tertiary/aromatic N) is 2. The molecule has 1 aromatic carbocycles. The molecule has 1 fully saturated rings. The molecule has 1 aromatic heterocycles. The zero-order valence-corrected chi connectivity index (χ0v) is 10.8. The third kappa shape index (κ3) is 1.77. The third-order valence-corrected chi connectivity index (χ3v) is 3.50. The second-order valence-corrected chi connectivity index (χ2v) is 5.26. The van der Waals surface area contributed by atoms with E-state index < -0.39 is 0 Å². The van der Waals surface area contributed by atoms with E-state index in [4.69, 9.17) is 11.6 Å². The summed E-state index contributed by atoms with van der Waals surface area (Å²) in [7, 11) is 0. The highest BCUT2D eigenvalue weighted by atomic mass is 35.5. The minimum Gasteiger partial charge on any atom is -0.354 e. The zero-order chi connectivity index (χ0) is 12.7. The molecule has 2 aromatic rings. The molecule has 18 heavy (non-hydrogen) atoms. The zero-order valence-electron chi connectivity index (χ0n) is 10.1. The van der Waals surface area contributed by atoms with Crippen molar-refractivity contribution < 1.29 is 4.79 Å². The third-order valence-electron chi connectivity index (χ3n) is 3.30. The summed E-state index contributed by atoms with van der Waals surface area (Å²) in [6.07, 6.45) is 0.497. The van der Waals surface area contributed by atoms with Crippen LogP contribution in [0.25, 0.3) is 11.0 Å². The number of hydrogen-bond donors (Lipinski definition) is 1. The Balaban J connectivity index is 2.18. The van der Waals surface area contributed by atoms with Gasteiger partial charge in [0.05, 0.1) is 22.5 Å². The lowest BCUT2D eigenvalue weighted by Gasteiger charge is -2.15. The van der Waals surface area contributed by atoms with Gasteiger partial charge in [-0.1, -0.05) is 12.1 Å². The van der Waals surface area contributed by atoms with Gasteiger partial charge in [-0.25, -0.2) is 4.98 Å². The Kier molecular flexibility index (Phi) is 2.74. The Morgan fingerprint density at radius 1 is 1.50 bits per heavy atom. The molecular formula is C13H14ClN3O. The molecule has 1 saturated heterocycles. The predicted molar refractivity (Wildman–Crippen MR) is 70.7 cm³/mol. The molecule has 0 spiro atoms. The lowest BCUT2D eigenvalue weighted by Crippen LogP contribution is -2.17. The fraction of sp³-hybridized carbons (Fsp3) is 0.385. The van der Waals surface area contributed by atoms with Crippen LogP contribution in [0.1, 0.15) is 30.6 Å². The van der Waals surface area contributed by atoms with Crippen LogP contribution in [0.3, 0.4) is 0 Å². The Hall–Kier alpha value is -1.55. The summed E-state index contributed by atoms with van der Waals surface area (Å²) in [6, 6.07) is 8.04. The lowest BCUT2D eigenvalue weighted by atomic mass is 10.2. The van der Waals surface area contributed by atoms with Gasteiger partial charge in [-0.15, -0.1) is 11.6 Å². The van der Waals surface area contributed by atoms with Crippen LogP contribution in [0.4, 0.5) is 0 Å². The van der Waals surface area contributed by atoms with E-state index >= 15 is 0 Å². The smallest absolute Gasteiger partial charge is 0.222 e. The maximum Gasteiger partial charge on any atom is 0.222 e. The SMILES string of the molecule is CC(Cl)c1nc2ccccc2n1C1CNC(=O)C1. The van der Waals surface area contributed by atoms with E-state index in [9.17, 15) is 4.79 Å². The first-order valence-electron chi connectivity index (χ1n) is 6.04. The summed E-state index contributed by atoms with van der Waals surface area (Å²) in [6.45, 7) is 2.55. The molecule has 94 valence electrons. The number of rotatable bonds is 2. The van der Waals surface area contributed by atoms with Gasteiger partial charge in [0.2, 0.25) is 5.91 Å². The van der Waals surface area contributed by atoms with E-state index in [0.29, 0.717) is 13.0 Å². The van der Waals surface area contributed by atoms with Gasteiger partial charge in [0, 0.05) is 13.0 Å². The van der Waals surface area contributed by atoms with Crippen LogP contribution in [0.15, 0.2) is 24.3 Å². The first-order chi connectivity index (χ1) is 8.66. The van der Waals surface area contributed by atoms with E-state index in [-0.39, 0.29) is 17.3 Å². The topological polar surface area (TPSA) is 46.9 Å². The number of imidazole rings is 1. The van der Waals surface area contributed by atoms with E-state index in [1.807, 2.05) is 31.2 Å². The van der Waals surface area contributed by atoms with Crippen molar-refractivity contribution in [1.82, 2.24) is 14.9 Å². The van der Waals surface area contributed by atoms with Crippen LogP contribution in [-0.2, 0) is 4.79 Å². The summed E-state index contributed by atoms with van der Waals surface area (Å²) < 4.78 is 2.10. The summed E-state index contributed by atoms with van der Waals surface area (Å²) in [4.78, 5) is 16.0. The van der Waals surface area contributed by atoms with Crippen molar-refractivity contribution in [3.8, 4) is 0 Å². The van der Waals surface area contributed by atoms with Gasteiger partial charge in [-0.2, -0.15) is 0 Å². The summed E-state index contributed by atoms with van der Waals surface area (Å²) >= 11 is 6.21. The van der Waals surface area contributed by atoms with Gasteiger partial charge >= 0.3 is 0 Å². The van der Waals surface area contributed by atoms with E-state index in [1.54, 1.807) is 0 Å². The number of nitrogens with one attached hydrogen (secondary N) is 1. The highest BCUT2D eigenvalue weighted by Gasteiger charge is 2.27. The highest BCUT2D eigenvalue weighted by Crippen LogP contribution is 2.30. The number of amides is 1. The number of carbonyl (C=O) groups is 1. The maximum absolute atomic E-state index is 11.4. The van der Waals surface area contributed by atoms with Crippen molar-refractivity contribution in [2.45, 2.75) is 24.8 Å². The summed E-state index contributed by atoms with van der Waals surface area (Å²) in [5.74, 6) is 0.922. The normalized spacial score (nSPS) is 21.2. The van der Waals surface area contributed by atoms with Gasteiger partial charge in [0.1, 0.15) is 5.82 Å². The average Bonchev–Trinajstić information content (AvgIpc) is 2.92. The van der Waals surface area contributed by atoms with Crippen molar-refractivity contribution in [1.29, 1.82) is 0 Å². The average molecular weight is 264 g/mol. The standard InChI is InChI=1S/C13H14ClN3O/c1-8(14)13-16-10-4-2-3-5-11(10)17(13)9-6-12(18)15-7-9/h2-5,8-9H,6-7H2,1H3,(H,15,18). The van der Waals surface area contributed by atoms with Gasteiger partial charge < -0.3 is 9.88 Å². The van der Waals surface area contributed by atoms with Gasteiger partial charge in [0.15, 0.2) is 0 Å². The van der Waals surface area contributed by atoms with Crippen molar-refractivity contribution in [2.24, 2.45) is 0 Å². The summed E-state index contributed by atoms with van der Waals surface area (Å²) in [5, 5.41) is 2.69. The highest BCUT2D eigenvalue weighted by molar-refractivity contribution is 6.20. The molecule has 1 N–H and O–H groups in total. The molecule has 0 radical (unpaired) electrons. The number of halogens is 1. The van der Waals surface area contributed by atoms with Crippen LogP contribution in [0.5, 0.6) is 0 Å². The molecule has 0 saturated carbocycles. The molecule has 2 atom stereocenters. The summed E-state index contributed by atoms with van der Waals surface area (Å²) in [5.41, 5.74) is 1.97. The van der Waals surface area contributed by atoms with Crippen molar-refractivity contribution in [2.75, 3.05) is 6.54 Å². The quantitative estimate of drug-likeness (QED) is 0.846. The Morgan fingerprint density at radius 3 is 2.94 bits per heavy atom. The lowest BCUT2D eigenvalue weighted by molar-refractivity contribution is -0.119. The monoisotopic (exact) mass is 263 g/mol. The van der Waals surface area contributed by atoms with Crippen LogP contribution in [0.2, 0.25) is 0 Å². The molecule has 1 amide bonds. The second-order valence-electron chi connectivity index (χ2n) is 4.61. The van der Waals surface area contributed by atoms with Crippen molar-refractivity contribution >= 4 is 28.5 Å². The molecule has 3 rings (SSSR count). The van der Waals surface area contributed by atoms with Crippen molar-refractivity contribution in [3.63, 3.8) is 0 Å². The number of alkyl halides is 1. The minimum absolute atomic E-state index is 0.0888. The number of benzene rings is 1. The predicted octanol–water partition coefficient (Wildman–Crippen LogP) is 2.40. The molecule has 4 nitrogen and oxygen atoms in total. The molecule has 0 bridgehead atoms. The minimum atomic E-state index is -0.173. The van der Waals surface area contributed by atoms with Crippen LogP contribution < -0.4 is 5.32 Å². The van der Waals surface area contributed by atoms with Gasteiger partial charge in [-0.05, 0) is 19.1 Å². The second kappa shape index (κ2) is 4.28. The Bertz CT molecular complexity index is 605. The number of para-hydroxylation sites is 2.